The van der Waals surface area contributed by atoms with Gasteiger partial charge in [0.1, 0.15) is 0 Å². The molecule has 0 aromatic rings. The molecule has 2 heterocycles. The molecule has 2 fully saturated rings. The molecule has 3 N–H and O–H groups in total. The lowest BCUT2D eigenvalue weighted by molar-refractivity contribution is -0.132. The lowest BCUT2D eigenvalue weighted by Crippen LogP contribution is -2.46. The van der Waals surface area contributed by atoms with Crippen LogP contribution in [0.1, 0.15) is 12.8 Å². The van der Waals surface area contributed by atoms with E-state index in [1.807, 2.05) is 0 Å². The fourth-order valence-corrected chi connectivity index (χ4v) is 2.15. The predicted octanol–water partition coefficient (Wildman–Crippen LogP) is -1.15. The summed E-state index contributed by atoms with van der Waals surface area (Å²) in [6.07, 6.45) is 1.05. The second-order valence-corrected chi connectivity index (χ2v) is 3.63. The summed E-state index contributed by atoms with van der Waals surface area (Å²) in [6, 6.07) is 0. The van der Waals surface area contributed by atoms with E-state index in [1.165, 1.54) is 0 Å². The van der Waals surface area contributed by atoms with Gasteiger partial charge in [0.15, 0.2) is 0 Å². The normalized spacial score (nSPS) is 33.8. The Morgan fingerprint density at radius 1 is 1.42 bits per heavy atom. The van der Waals surface area contributed by atoms with Crippen molar-refractivity contribution in [2.45, 2.75) is 18.9 Å². The predicted molar refractivity (Wildman–Crippen MR) is 43.6 cm³/mol. The molecule has 12 heavy (non-hydrogen) atoms. The van der Waals surface area contributed by atoms with Gasteiger partial charge in [-0.05, 0) is 25.9 Å². The lowest BCUT2D eigenvalue weighted by atomic mass is 9.76. The Morgan fingerprint density at radius 3 is 2.58 bits per heavy atom. The molecule has 0 radical (unpaired) electrons. The Morgan fingerprint density at radius 2 is 2.08 bits per heavy atom. The van der Waals surface area contributed by atoms with E-state index >= 15 is 0 Å². The highest BCUT2D eigenvalue weighted by Crippen LogP contribution is 2.35. The van der Waals surface area contributed by atoms with Crippen LogP contribution in [-0.2, 0) is 4.79 Å². The van der Waals surface area contributed by atoms with Crippen LogP contribution in [0.5, 0.6) is 0 Å². The third kappa shape index (κ3) is 0.949. The monoisotopic (exact) mass is 170 g/mol. The molecule has 68 valence electrons. The van der Waals surface area contributed by atoms with Gasteiger partial charge in [-0.15, -0.1) is 0 Å². The first-order chi connectivity index (χ1) is 5.76. The van der Waals surface area contributed by atoms with Gasteiger partial charge >= 0.3 is 0 Å². The van der Waals surface area contributed by atoms with Gasteiger partial charge in [0, 0.05) is 6.54 Å². The molecule has 0 aliphatic carbocycles. The summed E-state index contributed by atoms with van der Waals surface area (Å²) in [5, 5.41) is 15.6. The van der Waals surface area contributed by atoms with E-state index < -0.39 is 11.5 Å². The van der Waals surface area contributed by atoms with Gasteiger partial charge in [-0.25, -0.2) is 0 Å². The molecule has 1 atom stereocenters. The number of carbonyl (C=O) groups excluding carboxylic acids is 1. The maximum Gasteiger partial charge on any atom is 0.229 e. The van der Waals surface area contributed by atoms with Gasteiger partial charge in [-0.3, -0.25) is 4.79 Å². The molecular formula is C8H14N2O2. The van der Waals surface area contributed by atoms with Crippen molar-refractivity contribution in [1.29, 1.82) is 0 Å². The van der Waals surface area contributed by atoms with Crippen LogP contribution < -0.4 is 10.6 Å². The fourth-order valence-electron chi connectivity index (χ4n) is 2.15. The van der Waals surface area contributed by atoms with Gasteiger partial charge in [0.2, 0.25) is 5.91 Å². The molecule has 1 unspecified atom stereocenters. The topological polar surface area (TPSA) is 61.4 Å². The molecule has 0 bridgehead atoms. The maximum atomic E-state index is 11.5. The number of hydrogen-bond acceptors (Lipinski definition) is 3. The highest BCUT2D eigenvalue weighted by Gasteiger charge is 2.49. The summed E-state index contributed by atoms with van der Waals surface area (Å²) in [7, 11) is 0. The highest BCUT2D eigenvalue weighted by molar-refractivity contribution is 5.85. The third-order valence-electron chi connectivity index (χ3n) is 3.04. The number of amides is 1. The highest BCUT2D eigenvalue weighted by atomic mass is 16.3. The van der Waals surface area contributed by atoms with Crippen LogP contribution in [0.25, 0.3) is 0 Å². The minimum Gasteiger partial charge on any atom is -0.390 e. The first kappa shape index (κ1) is 8.01. The van der Waals surface area contributed by atoms with E-state index in [9.17, 15) is 9.90 Å². The Bertz CT molecular complexity index is 199. The molecule has 1 amide bonds. The van der Waals surface area contributed by atoms with Crippen LogP contribution in [0.4, 0.5) is 0 Å². The first-order valence-corrected chi connectivity index (χ1v) is 4.43. The standard InChI is InChI=1S/C8H14N2O2/c11-6-5-10-7(12)8(6)1-3-9-4-2-8/h6,9,11H,1-5H2,(H,10,12). The molecular weight excluding hydrogens is 156 g/mol. The average molecular weight is 170 g/mol. The second kappa shape index (κ2) is 2.71. The first-order valence-electron chi connectivity index (χ1n) is 4.43. The van der Waals surface area contributed by atoms with E-state index in [0.717, 1.165) is 25.9 Å². The zero-order valence-corrected chi connectivity index (χ0v) is 6.97. The average Bonchev–Trinajstić information content (AvgIpc) is 2.36. The van der Waals surface area contributed by atoms with Crippen LogP contribution in [0.15, 0.2) is 0 Å². The largest absolute Gasteiger partial charge is 0.390 e. The molecule has 4 heteroatoms. The smallest absolute Gasteiger partial charge is 0.229 e. The second-order valence-electron chi connectivity index (χ2n) is 3.63. The van der Waals surface area contributed by atoms with Crippen molar-refractivity contribution >= 4 is 5.91 Å². The van der Waals surface area contributed by atoms with Crippen LogP contribution in [-0.4, -0.2) is 36.8 Å². The summed E-state index contributed by atoms with van der Waals surface area (Å²) in [5.41, 5.74) is -0.467. The minimum absolute atomic E-state index is 0.0384. The molecule has 1 spiro atoms. The molecule has 4 nitrogen and oxygen atoms in total. The van der Waals surface area contributed by atoms with Crippen molar-refractivity contribution in [3.8, 4) is 0 Å². The van der Waals surface area contributed by atoms with E-state index in [2.05, 4.69) is 10.6 Å². The van der Waals surface area contributed by atoms with Crippen molar-refractivity contribution in [3.63, 3.8) is 0 Å². The Kier molecular flexibility index (Phi) is 1.81. The number of β-amino-alcohol motifs (C(OH)–C–C–N with tert-alkyl or cyclic N) is 1. The summed E-state index contributed by atoms with van der Waals surface area (Å²) in [6.45, 7) is 2.10. The van der Waals surface area contributed by atoms with Crippen molar-refractivity contribution < 1.29 is 9.90 Å². The minimum atomic E-state index is -0.480. The molecule has 2 rings (SSSR count). The SMILES string of the molecule is O=C1NCC(O)C12CCNCC2. The van der Waals surface area contributed by atoms with Gasteiger partial charge in [-0.2, -0.15) is 0 Å². The van der Waals surface area contributed by atoms with Crippen LogP contribution in [0.2, 0.25) is 0 Å². The number of piperidine rings is 1. The van der Waals surface area contributed by atoms with E-state index in [1.54, 1.807) is 0 Å². The number of aliphatic hydroxyl groups excluding tert-OH is 1. The Hall–Kier alpha value is -0.610. The molecule has 0 saturated carbocycles. The Labute approximate surface area is 71.3 Å². The molecule has 2 aliphatic rings. The fraction of sp³-hybridized carbons (Fsp3) is 0.875. The van der Waals surface area contributed by atoms with E-state index in [4.69, 9.17) is 0 Å². The van der Waals surface area contributed by atoms with Crippen molar-refractivity contribution in [1.82, 2.24) is 10.6 Å². The number of nitrogens with one attached hydrogen (secondary N) is 2. The summed E-state index contributed by atoms with van der Waals surface area (Å²) in [4.78, 5) is 11.5. The third-order valence-corrected chi connectivity index (χ3v) is 3.04. The van der Waals surface area contributed by atoms with E-state index in [-0.39, 0.29) is 5.91 Å². The van der Waals surface area contributed by atoms with Crippen molar-refractivity contribution in [2.75, 3.05) is 19.6 Å². The molecule has 2 saturated heterocycles. The molecule has 2 aliphatic heterocycles. The summed E-state index contributed by atoms with van der Waals surface area (Å²) < 4.78 is 0. The summed E-state index contributed by atoms with van der Waals surface area (Å²) >= 11 is 0. The number of aliphatic hydroxyl groups is 1. The zero-order chi connectivity index (χ0) is 8.60. The Balaban J connectivity index is 2.20. The summed E-state index contributed by atoms with van der Waals surface area (Å²) in [5.74, 6) is 0.0384. The van der Waals surface area contributed by atoms with Crippen LogP contribution in [0.3, 0.4) is 0 Å². The van der Waals surface area contributed by atoms with Crippen LogP contribution >= 0.6 is 0 Å². The maximum absolute atomic E-state index is 11.5. The number of carbonyl (C=O) groups is 1. The molecule has 0 aromatic carbocycles. The van der Waals surface area contributed by atoms with Crippen molar-refractivity contribution in [2.24, 2.45) is 5.41 Å². The van der Waals surface area contributed by atoms with Crippen molar-refractivity contribution in [3.05, 3.63) is 0 Å². The van der Waals surface area contributed by atoms with Gasteiger partial charge in [0.25, 0.3) is 0 Å². The van der Waals surface area contributed by atoms with Crippen LogP contribution in [0, 0.1) is 5.41 Å². The van der Waals surface area contributed by atoms with Gasteiger partial charge in [0.05, 0.1) is 11.5 Å². The lowest BCUT2D eigenvalue weighted by Gasteiger charge is -2.33. The van der Waals surface area contributed by atoms with E-state index in [0.29, 0.717) is 6.54 Å². The quantitative estimate of drug-likeness (QED) is 0.430. The van der Waals surface area contributed by atoms with Gasteiger partial charge in [-0.1, -0.05) is 0 Å². The zero-order valence-electron chi connectivity index (χ0n) is 6.97. The van der Waals surface area contributed by atoms with Gasteiger partial charge < -0.3 is 15.7 Å². The number of rotatable bonds is 0. The number of hydrogen-bond donors (Lipinski definition) is 3. The molecule has 0 aromatic heterocycles.